The van der Waals surface area contributed by atoms with E-state index in [1.165, 1.54) is 24.5 Å². The molecule has 1 atom stereocenters. The second-order valence-electron chi connectivity index (χ2n) is 10.5. The van der Waals surface area contributed by atoms with Crippen LogP contribution >= 0.6 is 0 Å². The zero-order valence-corrected chi connectivity index (χ0v) is 22.4. The quantitative estimate of drug-likeness (QED) is 0.243. The van der Waals surface area contributed by atoms with Gasteiger partial charge in [-0.25, -0.2) is 9.36 Å². The minimum atomic E-state index is -0.830. The number of methoxy groups -OCH3 is 1. The predicted molar refractivity (Wildman–Crippen MR) is 139 cm³/mol. The van der Waals surface area contributed by atoms with Crippen LogP contribution in [0.1, 0.15) is 109 Å². The van der Waals surface area contributed by atoms with Gasteiger partial charge in [-0.05, 0) is 65.0 Å². The molecule has 1 unspecified atom stereocenters. The van der Waals surface area contributed by atoms with Crippen molar-refractivity contribution in [2.45, 2.75) is 129 Å². The van der Waals surface area contributed by atoms with E-state index in [0.717, 1.165) is 77.3 Å². The van der Waals surface area contributed by atoms with Crippen LogP contribution in [-0.4, -0.2) is 56.0 Å². The van der Waals surface area contributed by atoms with Crippen LogP contribution in [0.2, 0.25) is 0 Å². The number of hydrogen-bond acceptors (Lipinski definition) is 6. The van der Waals surface area contributed by atoms with Gasteiger partial charge < -0.3 is 14.9 Å². The van der Waals surface area contributed by atoms with Crippen LogP contribution < -0.4 is 5.69 Å². The first-order valence-corrected chi connectivity index (χ1v) is 13.8. The summed E-state index contributed by atoms with van der Waals surface area (Å²) in [6, 6.07) is 0. The van der Waals surface area contributed by atoms with Gasteiger partial charge >= 0.3 is 11.7 Å². The Morgan fingerprint density at radius 2 is 1.66 bits per heavy atom. The van der Waals surface area contributed by atoms with E-state index in [4.69, 9.17) is 0 Å². The summed E-state index contributed by atoms with van der Waals surface area (Å²) in [6.45, 7) is 6.73. The zero-order valence-electron chi connectivity index (χ0n) is 22.4. The highest BCUT2D eigenvalue weighted by Crippen LogP contribution is 2.24. The van der Waals surface area contributed by atoms with Gasteiger partial charge in [0.25, 0.3) is 0 Å². The van der Waals surface area contributed by atoms with Crippen molar-refractivity contribution in [3.05, 3.63) is 16.2 Å². The highest BCUT2D eigenvalue weighted by atomic mass is 16.5. The van der Waals surface area contributed by atoms with Crippen molar-refractivity contribution in [1.29, 1.82) is 0 Å². The number of carbonyl (C=O) groups excluding carboxylic acids is 1. The van der Waals surface area contributed by atoms with Gasteiger partial charge in [0.2, 0.25) is 5.88 Å². The van der Waals surface area contributed by atoms with E-state index in [-0.39, 0.29) is 17.5 Å². The van der Waals surface area contributed by atoms with Gasteiger partial charge in [0, 0.05) is 13.0 Å². The average molecular weight is 496 g/mol. The Hall–Kier alpha value is -1.80. The predicted octanol–water partition coefficient (Wildman–Crippen LogP) is 4.58. The number of ether oxygens (including phenoxy) is 1. The monoisotopic (exact) mass is 495 g/mol. The summed E-state index contributed by atoms with van der Waals surface area (Å²) in [5, 5.41) is 22.0. The molecule has 0 radical (unpaired) electrons. The molecule has 0 aromatic carbocycles. The molecular formula is C27H49N3O5. The maximum atomic E-state index is 13.3. The van der Waals surface area contributed by atoms with E-state index in [2.05, 4.69) is 16.6 Å². The Morgan fingerprint density at radius 1 is 0.971 bits per heavy atom. The topological polar surface area (TPSA) is 96.9 Å². The standard InChI is InChI=1S/C27H49N3O5/c1-4-5-6-12-17-27(2,34)18-21-29-23(15-10-7-8-11-16-24(31)35-3)25(32)30(26(29)33)22-28-19-13-9-14-20-28/h32,34H,4-22H2,1-3H3. The lowest BCUT2D eigenvalue weighted by atomic mass is 9.94. The van der Waals surface area contributed by atoms with Crippen LogP contribution in [0.15, 0.2) is 4.79 Å². The highest BCUT2D eigenvalue weighted by molar-refractivity contribution is 5.68. The number of aromatic nitrogens is 2. The van der Waals surface area contributed by atoms with Gasteiger partial charge in [-0.2, -0.15) is 0 Å². The summed E-state index contributed by atoms with van der Waals surface area (Å²) in [5.74, 6) is -0.120. The fraction of sp³-hybridized carbons (Fsp3) is 0.852. The molecule has 8 nitrogen and oxygen atoms in total. The van der Waals surface area contributed by atoms with E-state index in [0.29, 0.717) is 38.2 Å². The zero-order chi connectivity index (χ0) is 25.7. The Kier molecular flexibility index (Phi) is 12.9. The SMILES string of the molecule is CCCCCCC(C)(O)CCn1c(CCCCCCC(=O)OC)c(O)n(CN2CCCCC2)c1=O. The molecule has 1 aromatic heterocycles. The first-order valence-electron chi connectivity index (χ1n) is 13.8. The van der Waals surface area contributed by atoms with Gasteiger partial charge in [0.1, 0.15) is 0 Å². The van der Waals surface area contributed by atoms with Crippen LogP contribution in [0.4, 0.5) is 0 Å². The van der Waals surface area contributed by atoms with Crippen molar-refractivity contribution < 1.29 is 19.7 Å². The first-order chi connectivity index (χ1) is 16.8. The molecule has 1 aliphatic heterocycles. The second-order valence-corrected chi connectivity index (χ2v) is 10.5. The summed E-state index contributed by atoms with van der Waals surface area (Å²) in [6.07, 6.45) is 13.5. The highest BCUT2D eigenvalue weighted by Gasteiger charge is 2.25. The number of hydrogen-bond donors (Lipinski definition) is 2. The number of unbranched alkanes of at least 4 members (excludes halogenated alkanes) is 6. The molecule has 202 valence electrons. The Balaban J connectivity index is 2.05. The second kappa shape index (κ2) is 15.3. The smallest absolute Gasteiger partial charge is 0.332 e. The summed E-state index contributed by atoms with van der Waals surface area (Å²) in [5.41, 5.74) is -0.347. The molecule has 0 spiro atoms. The molecule has 2 heterocycles. The summed E-state index contributed by atoms with van der Waals surface area (Å²) in [7, 11) is 1.40. The number of carbonyl (C=O) groups is 1. The fourth-order valence-corrected chi connectivity index (χ4v) is 4.96. The largest absolute Gasteiger partial charge is 0.493 e. The normalized spacial score (nSPS) is 16.3. The minimum Gasteiger partial charge on any atom is -0.493 e. The number of piperidine rings is 1. The van der Waals surface area contributed by atoms with E-state index in [1.54, 1.807) is 4.57 Å². The van der Waals surface area contributed by atoms with E-state index < -0.39 is 5.60 Å². The van der Waals surface area contributed by atoms with Crippen LogP contribution in [0, 0.1) is 0 Å². The molecule has 0 aliphatic carbocycles. The van der Waals surface area contributed by atoms with Gasteiger partial charge in [0.15, 0.2) is 0 Å². The average Bonchev–Trinajstić information content (AvgIpc) is 3.07. The number of nitrogens with zero attached hydrogens (tertiary/aromatic N) is 3. The lowest BCUT2D eigenvalue weighted by Gasteiger charge is -2.26. The first kappa shape index (κ1) is 29.4. The number of rotatable bonds is 17. The van der Waals surface area contributed by atoms with Gasteiger partial charge in [-0.3, -0.25) is 14.3 Å². The van der Waals surface area contributed by atoms with Gasteiger partial charge in [-0.15, -0.1) is 0 Å². The fourth-order valence-electron chi connectivity index (χ4n) is 4.96. The molecule has 1 saturated heterocycles. The summed E-state index contributed by atoms with van der Waals surface area (Å²) >= 11 is 0. The summed E-state index contributed by atoms with van der Waals surface area (Å²) < 4.78 is 7.89. The number of esters is 1. The summed E-state index contributed by atoms with van der Waals surface area (Å²) in [4.78, 5) is 26.9. The Labute approximate surface area is 211 Å². The Bertz CT molecular complexity index is 808. The van der Waals surface area contributed by atoms with E-state index in [1.807, 2.05) is 6.92 Å². The molecule has 0 amide bonds. The van der Waals surface area contributed by atoms with Crippen LogP contribution in [0.3, 0.4) is 0 Å². The number of imidazole rings is 1. The Morgan fingerprint density at radius 3 is 2.34 bits per heavy atom. The third-order valence-corrected chi connectivity index (χ3v) is 7.31. The van der Waals surface area contributed by atoms with Gasteiger partial charge in [0.05, 0.1) is 25.1 Å². The van der Waals surface area contributed by atoms with Crippen molar-refractivity contribution >= 4 is 5.97 Å². The van der Waals surface area contributed by atoms with Crippen molar-refractivity contribution in [3.8, 4) is 5.88 Å². The maximum Gasteiger partial charge on any atom is 0.332 e. The van der Waals surface area contributed by atoms with Crippen molar-refractivity contribution in [1.82, 2.24) is 14.0 Å². The molecule has 2 N–H and O–H groups in total. The molecule has 1 fully saturated rings. The molecule has 1 aliphatic rings. The van der Waals surface area contributed by atoms with Crippen molar-refractivity contribution in [3.63, 3.8) is 0 Å². The molecular weight excluding hydrogens is 446 g/mol. The van der Waals surface area contributed by atoms with Crippen LogP contribution in [-0.2, 0) is 29.2 Å². The van der Waals surface area contributed by atoms with E-state index in [9.17, 15) is 19.8 Å². The van der Waals surface area contributed by atoms with Gasteiger partial charge in [-0.1, -0.05) is 51.9 Å². The maximum absolute atomic E-state index is 13.3. The molecule has 2 rings (SSSR count). The molecule has 35 heavy (non-hydrogen) atoms. The third kappa shape index (κ3) is 10.00. The third-order valence-electron chi connectivity index (χ3n) is 7.31. The van der Waals surface area contributed by atoms with Crippen LogP contribution in [0.5, 0.6) is 5.88 Å². The molecule has 0 bridgehead atoms. The van der Waals surface area contributed by atoms with Crippen LogP contribution in [0.25, 0.3) is 0 Å². The number of aliphatic hydroxyl groups is 1. The lowest BCUT2D eigenvalue weighted by Crippen LogP contribution is -2.37. The number of aromatic hydroxyl groups is 1. The van der Waals surface area contributed by atoms with Crippen molar-refractivity contribution in [2.24, 2.45) is 0 Å². The molecule has 0 saturated carbocycles. The lowest BCUT2D eigenvalue weighted by molar-refractivity contribution is -0.140. The molecule has 8 heteroatoms. The van der Waals surface area contributed by atoms with Crippen molar-refractivity contribution in [2.75, 3.05) is 20.2 Å². The molecule has 1 aromatic rings. The van der Waals surface area contributed by atoms with E-state index >= 15 is 0 Å². The minimum absolute atomic E-state index is 0.0673. The number of likely N-dealkylation sites (tertiary alicyclic amines) is 1.